The molecule has 0 heterocycles. The highest BCUT2D eigenvalue weighted by Crippen LogP contribution is 2.24. The summed E-state index contributed by atoms with van der Waals surface area (Å²) in [5.41, 5.74) is 0.624. The van der Waals surface area contributed by atoms with Gasteiger partial charge in [-0.1, -0.05) is 17.7 Å². The van der Waals surface area contributed by atoms with Gasteiger partial charge in [0.05, 0.1) is 11.5 Å². The highest BCUT2D eigenvalue weighted by atomic mass is 35.5. The summed E-state index contributed by atoms with van der Waals surface area (Å²) < 4.78 is 4.82. The van der Waals surface area contributed by atoms with Gasteiger partial charge in [-0.2, -0.15) is 0 Å². The topological polar surface area (TPSA) is 93.5 Å². The third-order valence-electron chi connectivity index (χ3n) is 2.69. The molecule has 0 saturated heterocycles. The van der Waals surface area contributed by atoms with Crippen molar-refractivity contribution in [3.05, 3.63) is 38.9 Å². The summed E-state index contributed by atoms with van der Waals surface area (Å²) in [6, 6.07) is 4.63. The van der Waals surface area contributed by atoms with Gasteiger partial charge < -0.3 is 15.4 Å². The van der Waals surface area contributed by atoms with Crippen molar-refractivity contribution < 1.29 is 14.5 Å². The van der Waals surface area contributed by atoms with Gasteiger partial charge in [-0.25, -0.2) is 0 Å². The van der Waals surface area contributed by atoms with Crippen molar-refractivity contribution in [3.8, 4) is 0 Å². The zero-order chi connectivity index (χ0) is 15.7. The van der Waals surface area contributed by atoms with Crippen molar-refractivity contribution in [2.75, 3.05) is 26.8 Å². The molecule has 0 saturated carbocycles. The highest BCUT2D eigenvalue weighted by Gasteiger charge is 2.12. The molecule has 21 heavy (non-hydrogen) atoms. The van der Waals surface area contributed by atoms with Gasteiger partial charge in [0.2, 0.25) is 5.91 Å². The van der Waals surface area contributed by atoms with E-state index in [0.29, 0.717) is 32.7 Å². The Kier molecular flexibility index (Phi) is 7.66. The minimum absolute atomic E-state index is 0.0679. The SMILES string of the molecule is COCCNC(=O)CCNCc1ccc(Cl)c([N+](=O)[O-])c1. The minimum Gasteiger partial charge on any atom is -0.383 e. The van der Waals surface area contributed by atoms with Crippen LogP contribution in [-0.4, -0.2) is 37.6 Å². The Morgan fingerprint density at radius 3 is 2.86 bits per heavy atom. The first kappa shape index (κ1) is 17.4. The van der Waals surface area contributed by atoms with Crippen LogP contribution in [0.15, 0.2) is 18.2 Å². The molecule has 0 spiro atoms. The van der Waals surface area contributed by atoms with Gasteiger partial charge in [-0.3, -0.25) is 14.9 Å². The second kappa shape index (κ2) is 9.28. The molecule has 2 N–H and O–H groups in total. The smallest absolute Gasteiger partial charge is 0.288 e. The first-order valence-corrected chi connectivity index (χ1v) is 6.81. The quantitative estimate of drug-likeness (QED) is 0.409. The summed E-state index contributed by atoms with van der Waals surface area (Å²) in [4.78, 5) is 21.6. The Morgan fingerprint density at radius 2 is 2.19 bits per heavy atom. The summed E-state index contributed by atoms with van der Waals surface area (Å²) in [6.45, 7) is 1.88. The Hall–Kier alpha value is -1.70. The Labute approximate surface area is 127 Å². The van der Waals surface area contributed by atoms with Crippen molar-refractivity contribution in [1.82, 2.24) is 10.6 Å². The molecule has 0 aliphatic carbocycles. The first-order valence-electron chi connectivity index (χ1n) is 6.43. The van der Waals surface area contributed by atoms with Gasteiger partial charge >= 0.3 is 0 Å². The number of hydrogen-bond acceptors (Lipinski definition) is 5. The number of carbonyl (C=O) groups is 1. The van der Waals surface area contributed by atoms with E-state index in [2.05, 4.69) is 10.6 Å². The van der Waals surface area contributed by atoms with Crippen molar-refractivity contribution in [2.45, 2.75) is 13.0 Å². The molecular formula is C13H18ClN3O4. The molecule has 1 rings (SSSR count). The Morgan fingerprint density at radius 1 is 1.43 bits per heavy atom. The summed E-state index contributed by atoms with van der Waals surface area (Å²) in [5.74, 6) is -0.0679. The number of nitrogens with one attached hydrogen (secondary N) is 2. The summed E-state index contributed by atoms with van der Waals surface area (Å²) in [6.07, 6.45) is 0.333. The molecule has 0 fully saturated rings. The van der Waals surface area contributed by atoms with E-state index in [1.54, 1.807) is 13.2 Å². The molecule has 8 heteroatoms. The van der Waals surface area contributed by atoms with Crippen LogP contribution in [0.4, 0.5) is 5.69 Å². The van der Waals surface area contributed by atoms with E-state index in [-0.39, 0.29) is 16.6 Å². The van der Waals surface area contributed by atoms with Gasteiger partial charge in [-0.05, 0) is 11.6 Å². The van der Waals surface area contributed by atoms with Crippen LogP contribution in [0.25, 0.3) is 0 Å². The molecule has 0 aliphatic rings. The first-order chi connectivity index (χ1) is 10.0. The predicted octanol–water partition coefficient (Wildman–Crippen LogP) is 1.49. The number of benzene rings is 1. The molecule has 0 radical (unpaired) electrons. The lowest BCUT2D eigenvalue weighted by Gasteiger charge is -2.06. The number of halogens is 1. The van der Waals surface area contributed by atoms with E-state index < -0.39 is 4.92 Å². The largest absolute Gasteiger partial charge is 0.383 e. The zero-order valence-corrected chi connectivity index (χ0v) is 12.5. The number of carbonyl (C=O) groups excluding carboxylic acids is 1. The molecule has 7 nitrogen and oxygen atoms in total. The third kappa shape index (κ3) is 6.52. The van der Waals surface area contributed by atoms with Crippen LogP contribution in [-0.2, 0) is 16.1 Å². The van der Waals surface area contributed by atoms with Crippen LogP contribution >= 0.6 is 11.6 Å². The lowest BCUT2D eigenvalue weighted by Crippen LogP contribution is -2.29. The highest BCUT2D eigenvalue weighted by molar-refractivity contribution is 6.32. The van der Waals surface area contributed by atoms with Gasteiger partial charge in [0.1, 0.15) is 5.02 Å². The number of nitro benzene ring substituents is 1. The van der Waals surface area contributed by atoms with Crippen molar-refractivity contribution in [2.24, 2.45) is 0 Å². The zero-order valence-electron chi connectivity index (χ0n) is 11.7. The fraction of sp³-hybridized carbons (Fsp3) is 0.462. The number of ether oxygens (including phenoxy) is 1. The molecule has 0 aromatic heterocycles. The predicted molar refractivity (Wildman–Crippen MR) is 79.3 cm³/mol. The molecule has 1 aromatic rings. The number of methoxy groups -OCH3 is 1. The fourth-order valence-electron chi connectivity index (χ4n) is 1.62. The van der Waals surface area contributed by atoms with E-state index in [0.717, 1.165) is 5.56 Å². The lowest BCUT2D eigenvalue weighted by molar-refractivity contribution is -0.384. The average Bonchev–Trinajstić information content (AvgIpc) is 2.45. The van der Waals surface area contributed by atoms with E-state index in [9.17, 15) is 14.9 Å². The summed E-state index contributed by atoms with van der Waals surface area (Å²) >= 11 is 5.73. The van der Waals surface area contributed by atoms with E-state index in [1.807, 2.05) is 0 Å². The maximum absolute atomic E-state index is 11.4. The molecule has 0 bridgehead atoms. The van der Waals surface area contributed by atoms with Crippen LogP contribution in [0, 0.1) is 10.1 Å². The van der Waals surface area contributed by atoms with Gasteiger partial charge in [0, 0.05) is 39.2 Å². The van der Waals surface area contributed by atoms with E-state index >= 15 is 0 Å². The minimum atomic E-state index is -0.519. The molecular weight excluding hydrogens is 298 g/mol. The number of hydrogen-bond donors (Lipinski definition) is 2. The molecule has 116 valence electrons. The molecule has 0 unspecified atom stereocenters. The number of nitrogens with zero attached hydrogens (tertiary/aromatic N) is 1. The second-order valence-electron chi connectivity index (χ2n) is 4.31. The normalized spacial score (nSPS) is 10.4. The summed E-state index contributed by atoms with van der Waals surface area (Å²) in [7, 11) is 1.57. The Bertz CT molecular complexity index is 496. The third-order valence-corrected chi connectivity index (χ3v) is 3.01. The fourth-order valence-corrected chi connectivity index (χ4v) is 1.81. The van der Waals surface area contributed by atoms with Crippen LogP contribution in [0.2, 0.25) is 5.02 Å². The second-order valence-corrected chi connectivity index (χ2v) is 4.72. The van der Waals surface area contributed by atoms with Gasteiger partial charge in [0.25, 0.3) is 5.69 Å². The maximum Gasteiger partial charge on any atom is 0.288 e. The van der Waals surface area contributed by atoms with Gasteiger partial charge in [-0.15, -0.1) is 0 Å². The Balaban J connectivity index is 2.31. The number of amides is 1. The van der Waals surface area contributed by atoms with Crippen LogP contribution < -0.4 is 10.6 Å². The molecule has 0 aliphatic heterocycles. The maximum atomic E-state index is 11.4. The van der Waals surface area contributed by atoms with Crippen molar-refractivity contribution >= 4 is 23.2 Å². The summed E-state index contributed by atoms with van der Waals surface area (Å²) in [5, 5.41) is 16.6. The van der Waals surface area contributed by atoms with Crippen LogP contribution in [0.5, 0.6) is 0 Å². The van der Waals surface area contributed by atoms with Gasteiger partial charge in [0.15, 0.2) is 0 Å². The van der Waals surface area contributed by atoms with Crippen molar-refractivity contribution in [3.63, 3.8) is 0 Å². The van der Waals surface area contributed by atoms with Crippen LogP contribution in [0.3, 0.4) is 0 Å². The van der Waals surface area contributed by atoms with Crippen molar-refractivity contribution in [1.29, 1.82) is 0 Å². The average molecular weight is 316 g/mol. The molecule has 1 aromatic carbocycles. The van der Waals surface area contributed by atoms with E-state index in [4.69, 9.17) is 16.3 Å². The standard InChI is InChI=1S/C13H18ClN3O4/c1-21-7-6-16-13(18)4-5-15-9-10-2-3-11(14)12(8-10)17(19)20/h2-3,8,15H,4-7,9H2,1H3,(H,16,18). The number of nitro groups is 1. The molecule has 1 amide bonds. The monoisotopic (exact) mass is 315 g/mol. The number of rotatable bonds is 9. The van der Waals surface area contributed by atoms with Crippen LogP contribution in [0.1, 0.15) is 12.0 Å². The van der Waals surface area contributed by atoms with E-state index in [1.165, 1.54) is 12.1 Å². The molecule has 0 atom stereocenters. The lowest BCUT2D eigenvalue weighted by atomic mass is 10.2.